The van der Waals surface area contributed by atoms with Crippen molar-refractivity contribution in [3.8, 4) is 11.3 Å². The molecule has 1 N–H and O–H groups in total. The molecule has 3 aromatic heterocycles. The molecule has 0 radical (unpaired) electrons. The predicted molar refractivity (Wildman–Crippen MR) is 53.1 cm³/mol. The first-order valence-electron chi connectivity index (χ1n) is 4.51. The van der Waals surface area contributed by atoms with E-state index in [1.807, 2.05) is 13.0 Å². The summed E-state index contributed by atoms with van der Waals surface area (Å²) in [5, 5.41) is 10.9. The van der Waals surface area contributed by atoms with Crippen LogP contribution in [0, 0.1) is 6.92 Å². The van der Waals surface area contributed by atoms with Crippen molar-refractivity contribution in [2.24, 2.45) is 0 Å². The van der Waals surface area contributed by atoms with Gasteiger partial charge in [-0.25, -0.2) is 9.50 Å². The van der Waals surface area contributed by atoms with Gasteiger partial charge in [-0.3, -0.25) is 5.10 Å². The predicted octanol–water partition coefficient (Wildman–Crippen LogP) is 0.823. The van der Waals surface area contributed by atoms with Gasteiger partial charge >= 0.3 is 0 Å². The van der Waals surface area contributed by atoms with Crippen molar-refractivity contribution in [1.82, 2.24) is 29.8 Å². The first-order valence-corrected chi connectivity index (χ1v) is 4.51. The van der Waals surface area contributed by atoms with Gasteiger partial charge in [0.05, 0.1) is 11.4 Å². The van der Waals surface area contributed by atoms with Gasteiger partial charge in [-0.2, -0.15) is 15.2 Å². The molecule has 0 fully saturated rings. The third-order valence-corrected chi connectivity index (χ3v) is 2.34. The van der Waals surface area contributed by atoms with Crippen molar-refractivity contribution in [3.05, 3.63) is 30.5 Å². The largest absolute Gasteiger partial charge is 0.278 e. The van der Waals surface area contributed by atoms with Crippen LogP contribution < -0.4 is 0 Å². The Morgan fingerprint density at radius 1 is 1.33 bits per heavy atom. The molecule has 0 spiro atoms. The summed E-state index contributed by atoms with van der Waals surface area (Å²) in [6.45, 7) is 1.97. The second kappa shape index (κ2) is 2.88. The van der Waals surface area contributed by atoms with Gasteiger partial charge in [-0.15, -0.1) is 0 Å². The van der Waals surface area contributed by atoms with E-state index < -0.39 is 0 Å². The summed E-state index contributed by atoms with van der Waals surface area (Å²) in [6.07, 6.45) is 4.97. The molecule has 0 saturated heterocycles. The molecule has 0 atom stereocenters. The molecule has 0 aliphatic carbocycles. The first kappa shape index (κ1) is 8.10. The molecule has 0 unspecified atom stereocenters. The molecule has 0 aliphatic heterocycles. The third-order valence-electron chi connectivity index (χ3n) is 2.34. The zero-order valence-corrected chi connectivity index (χ0v) is 8.05. The van der Waals surface area contributed by atoms with E-state index >= 15 is 0 Å². The Kier molecular flexibility index (Phi) is 1.55. The van der Waals surface area contributed by atoms with E-state index in [9.17, 15) is 0 Å². The molecule has 3 aromatic rings. The number of nitrogens with zero attached hydrogens (tertiary/aromatic N) is 5. The number of rotatable bonds is 1. The van der Waals surface area contributed by atoms with Crippen LogP contribution >= 0.6 is 0 Å². The van der Waals surface area contributed by atoms with Crippen molar-refractivity contribution >= 4 is 5.78 Å². The van der Waals surface area contributed by atoms with Crippen molar-refractivity contribution in [1.29, 1.82) is 0 Å². The number of hydrogen-bond acceptors (Lipinski definition) is 4. The number of nitrogens with one attached hydrogen (secondary N) is 1. The zero-order chi connectivity index (χ0) is 10.3. The quantitative estimate of drug-likeness (QED) is 0.631. The molecule has 6 nitrogen and oxygen atoms in total. The Morgan fingerprint density at radius 3 is 3.07 bits per heavy atom. The first-order chi connectivity index (χ1) is 7.36. The van der Waals surface area contributed by atoms with Gasteiger partial charge < -0.3 is 0 Å². The standard InChI is InChI=1S/C9H8N6/c1-6-7(8-2-3-12-14-8)4-10-9-11-5-13-15(6)9/h2-5H,1H3,(H,12,14). The summed E-state index contributed by atoms with van der Waals surface area (Å²) in [5.74, 6) is 0.607. The number of aromatic amines is 1. The highest BCUT2D eigenvalue weighted by Gasteiger charge is 2.08. The van der Waals surface area contributed by atoms with E-state index in [0.717, 1.165) is 17.0 Å². The molecule has 3 heterocycles. The lowest BCUT2D eigenvalue weighted by Gasteiger charge is -2.03. The maximum Gasteiger partial charge on any atom is 0.252 e. The van der Waals surface area contributed by atoms with Crippen LogP contribution in [0.5, 0.6) is 0 Å². The van der Waals surface area contributed by atoms with Crippen molar-refractivity contribution in [2.45, 2.75) is 6.92 Å². The molecule has 15 heavy (non-hydrogen) atoms. The molecule has 6 heteroatoms. The van der Waals surface area contributed by atoms with E-state index in [4.69, 9.17) is 0 Å². The van der Waals surface area contributed by atoms with Crippen molar-refractivity contribution in [2.75, 3.05) is 0 Å². The molecule has 74 valence electrons. The van der Waals surface area contributed by atoms with Crippen LogP contribution in [0.4, 0.5) is 0 Å². The van der Waals surface area contributed by atoms with E-state index in [2.05, 4.69) is 25.3 Å². The maximum absolute atomic E-state index is 4.20. The van der Waals surface area contributed by atoms with E-state index in [0.29, 0.717) is 5.78 Å². The fraction of sp³-hybridized carbons (Fsp3) is 0.111. The minimum absolute atomic E-state index is 0.607. The molecular formula is C9H8N6. The highest BCUT2D eigenvalue weighted by atomic mass is 15.3. The summed E-state index contributed by atoms with van der Waals surface area (Å²) in [7, 11) is 0. The minimum atomic E-state index is 0.607. The van der Waals surface area contributed by atoms with E-state index in [1.165, 1.54) is 6.33 Å². The Bertz CT molecular complexity index is 594. The van der Waals surface area contributed by atoms with E-state index in [1.54, 1.807) is 16.9 Å². The van der Waals surface area contributed by atoms with Gasteiger partial charge in [-0.1, -0.05) is 0 Å². The molecule has 0 bridgehead atoms. The highest BCUT2D eigenvalue weighted by Crippen LogP contribution is 2.19. The average Bonchev–Trinajstić information content (AvgIpc) is 2.87. The number of H-pyrrole nitrogens is 1. The van der Waals surface area contributed by atoms with Crippen LogP contribution in [0.2, 0.25) is 0 Å². The highest BCUT2D eigenvalue weighted by molar-refractivity contribution is 5.61. The summed E-state index contributed by atoms with van der Waals surface area (Å²) in [6, 6.07) is 1.90. The van der Waals surface area contributed by atoms with Gasteiger partial charge in [0, 0.05) is 18.0 Å². The summed E-state index contributed by atoms with van der Waals surface area (Å²) in [5.41, 5.74) is 2.89. The van der Waals surface area contributed by atoms with Crippen molar-refractivity contribution < 1.29 is 0 Å². The minimum Gasteiger partial charge on any atom is -0.278 e. The lowest BCUT2D eigenvalue weighted by atomic mass is 10.2. The molecule has 0 aliphatic rings. The van der Waals surface area contributed by atoms with Gasteiger partial charge in [0.2, 0.25) is 0 Å². The number of aromatic nitrogens is 6. The summed E-state index contributed by atoms with van der Waals surface area (Å²) in [4.78, 5) is 8.22. The van der Waals surface area contributed by atoms with Crippen LogP contribution in [0.15, 0.2) is 24.8 Å². The normalized spacial score (nSPS) is 11.0. The monoisotopic (exact) mass is 200 g/mol. The van der Waals surface area contributed by atoms with Crippen LogP contribution in [0.1, 0.15) is 5.69 Å². The Balaban J connectivity index is 2.32. The van der Waals surface area contributed by atoms with Gasteiger partial charge in [0.1, 0.15) is 6.33 Å². The van der Waals surface area contributed by atoms with Crippen LogP contribution in [-0.4, -0.2) is 29.8 Å². The second-order valence-electron chi connectivity index (χ2n) is 3.20. The second-order valence-corrected chi connectivity index (χ2v) is 3.20. The van der Waals surface area contributed by atoms with Gasteiger partial charge in [0.25, 0.3) is 5.78 Å². The number of hydrogen-bond donors (Lipinski definition) is 1. The average molecular weight is 200 g/mol. The SMILES string of the molecule is Cc1c(-c2ccn[nH]2)cnc2ncnn12. The lowest BCUT2D eigenvalue weighted by Crippen LogP contribution is -1.99. The van der Waals surface area contributed by atoms with Crippen LogP contribution in [0.3, 0.4) is 0 Å². The van der Waals surface area contributed by atoms with Gasteiger partial charge in [-0.05, 0) is 13.0 Å². The van der Waals surface area contributed by atoms with Crippen LogP contribution in [-0.2, 0) is 0 Å². The zero-order valence-electron chi connectivity index (χ0n) is 8.05. The topological polar surface area (TPSA) is 71.8 Å². The Morgan fingerprint density at radius 2 is 2.27 bits per heavy atom. The molecule has 0 aromatic carbocycles. The third kappa shape index (κ3) is 1.11. The Hall–Kier alpha value is -2.24. The van der Waals surface area contributed by atoms with E-state index in [-0.39, 0.29) is 0 Å². The number of fused-ring (bicyclic) bond motifs is 1. The Labute approximate surface area is 85.0 Å². The van der Waals surface area contributed by atoms with Crippen molar-refractivity contribution in [3.63, 3.8) is 0 Å². The van der Waals surface area contributed by atoms with Crippen LogP contribution in [0.25, 0.3) is 17.0 Å². The fourth-order valence-electron chi connectivity index (χ4n) is 1.56. The molecule has 0 amide bonds. The smallest absolute Gasteiger partial charge is 0.252 e. The summed E-state index contributed by atoms with van der Waals surface area (Å²) < 4.78 is 1.70. The maximum atomic E-state index is 4.20. The molecule has 3 rings (SSSR count). The summed E-state index contributed by atoms with van der Waals surface area (Å²) >= 11 is 0. The fourth-order valence-corrected chi connectivity index (χ4v) is 1.56. The molecule has 0 saturated carbocycles. The molecular weight excluding hydrogens is 192 g/mol. The van der Waals surface area contributed by atoms with Gasteiger partial charge in [0.15, 0.2) is 0 Å². The lowest BCUT2D eigenvalue weighted by molar-refractivity contribution is 0.895. The number of aryl methyl sites for hydroxylation is 1.